The molecule has 0 atom stereocenters. The largest absolute Gasteiger partial charge is 0.383 e. The third kappa shape index (κ3) is 5.84. The van der Waals surface area contributed by atoms with Crippen LogP contribution in [0.5, 0.6) is 0 Å². The Kier molecular flexibility index (Phi) is 6.77. The van der Waals surface area contributed by atoms with E-state index in [9.17, 15) is 0 Å². The van der Waals surface area contributed by atoms with Crippen LogP contribution in [0.3, 0.4) is 0 Å². The van der Waals surface area contributed by atoms with Gasteiger partial charge in [-0.1, -0.05) is 30.3 Å². The number of aromatic nitrogens is 2. The Bertz CT molecular complexity index is 589. The van der Waals surface area contributed by atoms with E-state index >= 15 is 0 Å². The molecule has 2 aromatic rings. The van der Waals surface area contributed by atoms with Gasteiger partial charge in [0.2, 0.25) is 0 Å². The third-order valence-electron chi connectivity index (χ3n) is 3.24. The second-order valence-electron chi connectivity index (χ2n) is 5.48. The van der Waals surface area contributed by atoms with E-state index in [1.165, 1.54) is 0 Å². The number of benzene rings is 1. The highest BCUT2D eigenvalue weighted by Crippen LogP contribution is 2.19. The molecule has 2 N–H and O–H groups in total. The first kappa shape index (κ1) is 17.2. The van der Waals surface area contributed by atoms with Gasteiger partial charge in [-0.2, -0.15) is 0 Å². The maximum atomic E-state index is 5.07. The lowest BCUT2D eigenvalue weighted by molar-refractivity contribution is 0.210. The van der Waals surface area contributed by atoms with Crippen LogP contribution >= 0.6 is 0 Å². The summed E-state index contributed by atoms with van der Waals surface area (Å²) >= 11 is 0. The van der Waals surface area contributed by atoms with Crippen molar-refractivity contribution >= 4 is 11.6 Å². The predicted octanol–water partition coefficient (Wildman–Crippen LogP) is 2.18. The van der Waals surface area contributed by atoms with Crippen LogP contribution in [0.25, 0.3) is 11.4 Å². The summed E-state index contributed by atoms with van der Waals surface area (Å²) in [6.07, 6.45) is 0. The van der Waals surface area contributed by atoms with Crippen molar-refractivity contribution in [1.29, 1.82) is 0 Å². The number of nitrogens with zero attached hydrogens (tertiary/aromatic N) is 3. The summed E-state index contributed by atoms with van der Waals surface area (Å²) in [6, 6.07) is 11.9. The fraction of sp³-hybridized carbons (Fsp3) is 0.412. The fourth-order valence-corrected chi connectivity index (χ4v) is 2.03. The minimum atomic E-state index is 0.633. The van der Waals surface area contributed by atoms with E-state index in [4.69, 9.17) is 4.74 Å². The molecule has 1 heterocycles. The number of hydrogen-bond donors (Lipinski definition) is 2. The van der Waals surface area contributed by atoms with Crippen LogP contribution in [0, 0.1) is 0 Å². The number of nitrogens with one attached hydrogen (secondary N) is 2. The van der Waals surface area contributed by atoms with Gasteiger partial charge in [0.1, 0.15) is 11.6 Å². The van der Waals surface area contributed by atoms with E-state index in [1.807, 2.05) is 36.4 Å². The average Bonchev–Trinajstić information content (AvgIpc) is 2.55. The maximum absolute atomic E-state index is 5.07. The van der Waals surface area contributed by atoms with Crippen LogP contribution < -0.4 is 10.6 Å². The Balaban J connectivity index is 2.17. The van der Waals surface area contributed by atoms with E-state index in [1.54, 1.807) is 7.11 Å². The lowest BCUT2D eigenvalue weighted by Crippen LogP contribution is -2.21. The molecule has 1 aromatic heterocycles. The van der Waals surface area contributed by atoms with Gasteiger partial charge in [0.05, 0.1) is 6.61 Å². The summed E-state index contributed by atoms with van der Waals surface area (Å²) in [5.74, 6) is 2.32. The van der Waals surface area contributed by atoms with Crippen LogP contribution in [-0.2, 0) is 4.74 Å². The zero-order valence-electron chi connectivity index (χ0n) is 14.0. The number of rotatable bonds is 9. The van der Waals surface area contributed by atoms with Crippen LogP contribution in [0.1, 0.15) is 0 Å². The molecule has 0 aliphatic rings. The second kappa shape index (κ2) is 9.07. The number of methoxy groups -OCH3 is 1. The van der Waals surface area contributed by atoms with Crippen molar-refractivity contribution in [3.05, 3.63) is 36.4 Å². The molecule has 0 saturated heterocycles. The highest BCUT2D eigenvalue weighted by atomic mass is 16.5. The molecule has 2 rings (SSSR count). The summed E-state index contributed by atoms with van der Waals surface area (Å²) in [4.78, 5) is 11.3. The first-order valence-corrected chi connectivity index (χ1v) is 7.75. The summed E-state index contributed by atoms with van der Waals surface area (Å²) < 4.78 is 5.07. The lowest BCUT2D eigenvalue weighted by Gasteiger charge is -2.13. The van der Waals surface area contributed by atoms with Crippen LogP contribution in [0.2, 0.25) is 0 Å². The molecule has 0 unspecified atom stereocenters. The molecule has 0 radical (unpaired) electrons. The summed E-state index contributed by atoms with van der Waals surface area (Å²) in [6.45, 7) is 3.11. The van der Waals surface area contributed by atoms with Gasteiger partial charge >= 0.3 is 0 Å². The normalized spacial score (nSPS) is 10.8. The molecule has 0 spiro atoms. The highest BCUT2D eigenvalue weighted by Gasteiger charge is 2.06. The van der Waals surface area contributed by atoms with Gasteiger partial charge < -0.3 is 20.3 Å². The van der Waals surface area contributed by atoms with E-state index in [0.29, 0.717) is 19.0 Å². The maximum Gasteiger partial charge on any atom is 0.163 e. The Hall–Kier alpha value is -2.18. The van der Waals surface area contributed by atoms with Gasteiger partial charge in [-0.25, -0.2) is 9.97 Å². The van der Waals surface area contributed by atoms with Gasteiger partial charge in [0, 0.05) is 38.4 Å². The minimum Gasteiger partial charge on any atom is -0.383 e. The Labute approximate surface area is 137 Å². The number of ether oxygens (including phenoxy) is 1. The molecular weight excluding hydrogens is 290 g/mol. The zero-order chi connectivity index (χ0) is 16.5. The van der Waals surface area contributed by atoms with Crippen molar-refractivity contribution in [1.82, 2.24) is 14.9 Å². The molecule has 0 aliphatic carbocycles. The monoisotopic (exact) mass is 315 g/mol. The van der Waals surface area contributed by atoms with Crippen molar-refractivity contribution in [3.63, 3.8) is 0 Å². The molecule has 0 amide bonds. The predicted molar refractivity (Wildman–Crippen MR) is 94.9 cm³/mol. The second-order valence-corrected chi connectivity index (χ2v) is 5.48. The SMILES string of the molecule is COCCNc1cc(NCCN(C)C)nc(-c2ccccc2)n1. The molecule has 1 aromatic carbocycles. The van der Waals surface area contributed by atoms with Crippen molar-refractivity contribution in [2.24, 2.45) is 0 Å². The summed E-state index contributed by atoms with van der Waals surface area (Å²) in [7, 11) is 5.79. The standard InChI is InChI=1S/C17H25N5O/c1-22(2)11-9-18-15-13-16(19-10-12-23-3)21-17(20-15)14-7-5-4-6-8-14/h4-8,13H,9-12H2,1-3H3,(H2,18,19,20,21). The minimum absolute atomic E-state index is 0.633. The molecule has 6 nitrogen and oxygen atoms in total. The topological polar surface area (TPSA) is 62.3 Å². The first-order valence-electron chi connectivity index (χ1n) is 7.75. The Morgan fingerprint density at radius 2 is 1.65 bits per heavy atom. The number of hydrogen-bond acceptors (Lipinski definition) is 6. The van der Waals surface area contributed by atoms with Gasteiger partial charge in [-0.05, 0) is 14.1 Å². The number of anilines is 2. The molecular formula is C17H25N5O. The highest BCUT2D eigenvalue weighted by molar-refractivity contribution is 5.61. The van der Waals surface area contributed by atoms with Gasteiger partial charge in [-0.3, -0.25) is 0 Å². The lowest BCUT2D eigenvalue weighted by atomic mass is 10.2. The van der Waals surface area contributed by atoms with Crippen LogP contribution in [0.4, 0.5) is 11.6 Å². The molecule has 0 saturated carbocycles. The van der Waals surface area contributed by atoms with E-state index in [0.717, 1.165) is 30.3 Å². The van der Waals surface area contributed by atoms with Gasteiger partial charge in [0.15, 0.2) is 5.82 Å². The summed E-state index contributed by atoms with van der Waals surface area (Å²) in [5, 5.41) is 6.62. The summed E-state index contributed by atoms with van der Waals surface area (Å²) in [5.41, 5.74) is 0.999. The quantitative estimate of drug-likeness (QED) is 0.692. The van der Waals surface area contributed by atoms with E-state index < -0.39 is 0 Å². The van der Waals surface area contributed by atoms with Crippen LogP contribution in [0.15, 0.2) is 36.4 Å². The molecule has 0 aliphatic heterocycles. The van der Waals surface area contributed by atoms with Crippen molar-refractivity contribution in [2.45, 2.75) is 0 Å². The van der Waals surface area contributed by atoms with Crippen molar-refractivity contribution in [3.8, 4) is 11.4 Å². The Morgan fingerprint density at radius 3 is 2.26 bits per heavy atom. The Morgan fingerprint density at radius 1 is 1.00 bits per heavy atom. The first-order chi connectivity index (χ1) is 11.2. The third-order valence-corrected chi connectivity index (χ3v) is 3.24. The number of likely N-dealkylation sites (N-methyl/N-ethyl adjacent to an activating group) is 1. The molecule has 23 heavy (non-hydrogen) atoms. The molecule has 124 valence electrons. The van der Waals surface area contributed by atoms with Crippen LogP contribution in [-0.4, -0.2) is 62.3 Å². The average molecular weight is 315 g/mol. The molecule has 6 heteroatoms. The smallest absolute Gasteiger partial charge is 0.163 e. The van der Waals surface area contributed by atoms with E-state index in [2.05, 4.69) is 39.6 Å². The van der Waals surface area contributed by atoms with Crippen molar-refractivity contribution < 1.29 is 4.74 Å². The van der Waals surface area contributed by atoms with Gasteiger partial charge in [0.25, 0.3) is 0 Å². The van der Waals surface area contributed by atoms with E-state index in [-0.39, 0.29) is 0 Å². The fourth-order valence-electron chi connectivity index (χ4n) is 2.03. The molecule has 0 bridgehead atoms. The zero-order valence-corrected chi connectivity index (χ0v) is 14.0. The van der Waals surface area contributed by atoms with Crippen molar-refractivity contribution in [2.75, 3.05) is 58.1 Å². The van der Waals surface area contributed by atoms with Gasteiger partial charge in [-0.15, -0.1) is 0 Å². The molecule has 0 fully saturated rings.